The van der Waals surface area contributed by atoms with Crippen LogP contribution in [0.3, 0.4) is 0 Å². The van der Waals surface area contributed by atoms with Crippen molar-refractivity contribution >= 4 is 0 Å². The number of likely N-dealkylation sites (N-methyl/N-ethyl adjacent to an activating group) is 1. The van der Waals surface area contributed by atoms with Gasteiger partial charge in [-0.3, -0.25) is 0 Å². The second-order valence-electron chi connectivity index (χ2n) is 4.28. The van der Waals surface area contributed by atoms with Gasteiger partial charge >= 0.3 is 0 Å². The minimum atomic E-state index is 1.04. The Morgan fingerprint density at radius 1 is 1.19 bits per heavy atom. The van der Waals surface area contributed by atoms with Crippen LogP contribution in [0, 0.1) is 0 Å². The number of rotatable bonds is 9. The van der Waals surface area contributed by atoms with E-state index in [0.29, 0.717) is 0 Å². The van der Waals surface area contributed by atoms with E-state index in [-0.39, 0.29) is 0 Å². The molecule has 0 aliphatic heterocycles. The SMILES string of the molecule is C=C/C=C\C(=C)N(C)CCCCCC(=C)C. The summed E-state index contributed by atoms with van der Waals surface area (Å²) in [4.78, 5) is 2.18. The molecule has 0 radical (unpaired) electrons. The quantitative estimate of drug-likeness (QED) is 0.317. The van der Waals surface area contributed by atoms with Gasteiger partial charge in [0.25, 0.3) is 0 Å². The first-order valence-electron chi connectivity index (χ1n) is 5.91. The maximum absolute atomic E-state index is 4.00. The number of unbranched alkanes of at least 4 members (excludes halogenated alkanes) is 2. The molecule has 16 heavy (non-hydrogen) atoms. The van der Waals surface area contributed by atoms with Crippen LogP contribution in [0.25, 0.3) is 0 Å². The lowest BCUT2D eigenvalue weighted by molar-refractivity contribution is 0.412. The summed E-state index contributed by atoms with van der Waals surface area (Å²) in [6.07, 6.45) is 10.5. The molecule has 0 atom stereocenters. The van der Waals surface area contributed by atoms with E-state index in [4.69, 9.17) is 0 Å². The third-order valence-corrected chi connectivity index (χ3v) is 2.51. The number of allylic oxidation sites excluding steroid dienone is 4. The fourth-order valence-electron chi connectivity index (χ4n) is 1.40. The van der Waals surface area contributed by atoms with Crippen molar-refractivity contribution in [2.45, 2.75) is 32.6 Å². The minimum absolute atomic E-state index is 1.04. The van der Waals surface area contributed by atoms with Gasteiger partial charge in [0.2, 0.25) is 0 Å². The summed E-state index contributed by atoms with van der Waals surface area (Å²) in [6, 6.07) is 0. The lowest BCUT2D eigenvalue weighted by atomic mass is 10.1. The number of hydrogen-bond donors (Lipinski definition) is 0. The van der Waals surface area contributed by atoms with Crippen LogP contribution in [0.1, 0.15) is 32.6 Å². The van der Waals surface area contributed by atoms with Crippen molar-refractivity contribution in [2.75, 3.05) is 13.6 Å². The predicted molar refractivity (Wildman–Crippen MR) is 74.4 cm³/mol. The van der Waals surface area contributed by atoms with Gasteiger partial charge in [0, 0.05) is 19.3 Å². The van der Waals surface area contributed by atoms with Crippen molar-refractivity contribution < 1.29 is 0 Å². The van der Waals surface area contributed by atoms with Gasteiger partial charge in [-0.1, -0.05) is 37.3 Å². The zero-order valence-corrected chi connectivity index (χ0v) is 10.8. The van der Waals surface area contributed by atoms with Crippen molar-refractivity contribution in [3.8, 4) is 0 Å². The lowest BCUT2D eigenvalue weighted by Gasteiger charge is -2.19. The molecule has 0 unspecified atom stereocenters. The first-order chi connectivity index (χ1) is 7.57. The topological polar surface area (TPSA) is 3.24 Å². The van der Waals surface area contributed by atoms with Gasteiger partial charge < -0.3 is 4.90 Å². The molecule has 0 heterocycles. The van der Waals surface area contributed by atoms with Crippen LogP contribution in [-0.2, 0) is 0 Å². The molecule has 0 aromatic carbocycles. The van der Waals surface area contributed by atoms with E-state index in [1.165, 1.54) is 24.8 Å². The van der Waals surface area contributed by atoms with Gasteiger partial charge in [-0.05, 0) is 32.3 Å². The summed E-state index contributed by atoms with van der Waals surface area (Å²) < 4.78 is 0. The molecular formula is C15H25N. The molecule has 0 saturated carbocycles. The Morgan fingerprint density at radius 3 is 2.44 bits per heavy atom. The summed E-state index contributed by atoms with van der Waals surface area (Å²) in [7, 11) is 2.08. The van der Waals surface area contributed by atoms with Crippen molar-refractivity contribution in [3.63, 3.8) is 0 Å². The second kappa shape index (κ2) is 9.02. The first-order valence-corrected chi connectivity index (χ1v) is 5.91. The second-order valence-corrected chi connectivity index (χ2v) is 4.28. The van der Waals surface area contributed by atoms with Crippen molar-refractivity contribution in [1.29, 1.82) is 0 Å². The maximum Gasteiger partial charge on any atom is 0.0290 e. The Balaban J connectivity index is 3.60. The highest BCUT2D eigenvalue weighted by molar-refractivity contribution is 5.16. The highest BCUT2D eigenvalue weighted by Gasteiger charge is 1.98. The van der Waals surface area contributed by atoms with Crippen LogP contribution in [-0.4, -0.2) is 18.5 Å². The molecule has 0 amide bonds. The third-order valence-electron chi connectivity index (χ3n) is 2.51. The smallest absolute Gasteiger partial charge is 0.0290 e. The highest BCUT2D eigenvalue weighted by Crippen LogP contribution is 2.08. The summed E-state index contributed by atoms with van der Waals surface area (Å²) >= 11 is 0. The van der Waals surface area contributed by atoms with Crippen LogP contribution >= 0.6 is 0 Å². The van der Waals surface area contributed by atoms with Crippen molar-refractivity contribution in [3.05, 3.63) is 49.2 Å². The molecule has 0 rings (SSSR count). The van der Waals surface area contributed by atoms with Gasteiger partial charge in [0.15, 0.2) is 0 Å². The molecular weight excluding hydrogens is 194 g/mol. The van der Waals surface area contributed by atoms with E-state index >= 15 is 0 Å². The molecule has 0 saturated heterocycles. The standard InChI is InChI=1S/C15H25N/c1-6-7-12-15(4)16(5)13-10-8-9-11-14(2)3/h6-7,12H,1-2,4,8-11,13H2,3,5H3/b12-7-. The van der Waals surface area contributed by atoms with Gasteiger partial charge in [0.05, 0.1) is 0 Å². The molecule has 0 spiro atoms. The fourth-order valence-corrected chi connectivity index (χ4v) is 1.40. The van der Waals surface area contributed by atoms with E-state index in [2.05, 4.69) is 38.6 Å². The Bertz CT molecular complexity index is 261. The van der Waals surface area contributed by atoms with Gasteiger partial charge in [-0.2, -0.15) is 0 Å². The van der Waals surface area contributed by atoms with Gasteiger partial charge in [-0.25, -0.2) is 0 Å². The molecule has 1 nitrogen and oxygen atoms in total. The van der Waals surface area contributed by atoms with Crippen LogP contribution in [0.5, 0.6) is 0 Å². The van der Waals surface area contributed by atoms with E-state index < -0.39 is 0 Å². The summed E-state index contributed by atoms with van der Waals surface area (Å²) in [5, 5.41) is 0. The van der Waals surface area contributed by atoms with E-state index in [1.807, 2.05) is 12.2 Å². The van der Waals surface area contributed by atoms with Crippen LogP contribution in [0.15, 0.2) is 49.2 Å². The van der Waals surface area contributed by atoms with Crippen molar-refractivity contribution in [1.82, 2.24) is 4.90 Å². The molecule has 90 valence electrons. The van der Waals surface area contributed by atoms with E-state index in [0.717, 1.165) is 18.7 Å². The first kappa shape index (κ1) is 14.8. The average Bonchev–Trinajstić information content (AvgIpc) is 2.24. The average molecular weight is 219 g/mol. The highest BCUT2D eigenvalue weighted by atomic mass is 15.1. The molecule has 0 fully saturated rings. The van der Waals surface area contributed by atoms with Crippen LogP contribution in [0.2, 0.25) is 0 Å². The van der Waals surface area contributed by atoms with Crippen LogP contribution in [0.4, 0.5) is 0 Å². The fraction of sp³-hybridized carbons (Fsp3) is 0.467. The molecule has 1 heteroatoms. The normalized spacial score (nSPS) is 10.4. The molecule has 0 aliphatic carbocycles. The summed E-state index contributed by atoms with van der Waals surface area (Å²) in [5.74, 6) is 0. The largest absolute Gasteiger partial charge is 0.375 e. The predicted octanol–water partition coefficient (Wildman–Crippen LogP) is 4.31. The Hall–Kier alpha value is -1.24. The zero-order valence-electron chi connectivity index (χ0n) is 10.8. The summed E-state index contributed by atoms with van der Waals surface area (Å²) in [5.41, 5.74) is 2.33. The third kappa shape index (κ3) is 8.10. The molecule has 0 bridgehead atoms. The minimum Gasteiger partial charge on any atom is -0.375 e. The summed E-state index contributed by atoms with van der Waals surface area (Å²) in [6.45, 7) is 14.7. The molecule has 0 aliphatic rings. The Kier molecular flexibility index (Phi) is 8.32. The Morgan fingerprint density at radius 2 is 1.88 bits per heavy atom. The number of hydrogen-bond acceptors (Lipinski definition) is 1. The lowest BCUT2D eigenvalue weighted by Crippen LogP contribution is -2.17. The Labute approximate surface area is 101 Å². The monoisotopic (exact) mass is 219 g/mol. The van der Waals surface area contributed by atoms with Crippen molar-refractivity contribution in [2.24, 2.45) is 0 Å². The van der Waals surface area contributed by atoms with E-state index in [9.17, 15) is 0 Å². The zero-order chi connectivity index (χ0) is 12.4. The van der Waals surface area contributed by atoms with Gasteiger partial charge in [0.1, 0.15) is 0 Å². The molecule has 0 aromatic heterocycles. The maximum atomic E-state index is 4.00. The molecule has 0 aromatic rings. The number of nitrogens with zero attached hydrogens (tertiary/aromatic N) is 1. The van der Waals surface area contributed by atoms with Crippen LogP contribution < -0.4 is 0 Å². The van der Waals surface area contributed by atoms with E-state index in [1.54, 1.807) is 6.08 Å². The van der Waals surface area contributed by atoms with Gasteiger partial charge in [-0.15, -0.1) is 6.58 Å². The molecule has 0 N–H and O–H groups in total.